The Morgan fingerprint density at radius 3 is 2.13 bits per heavy atom. The zero-order chi connectivity index (χ0) is 22.0. The van der Waals surface area contributed by atoms with Gasteiger partial charge in [0.25, 0.3) is 0 Å². The number of carbonyl (C=O) groups is 1. The summed E-state index contributed by atoms with van der Waals surface area (Å²) in [7, 11) is 0. The molecular formula is C27H39NO3. The number of hydrogen-bond donors (Lipinski definition) is 2. The Balaban J connectivity index is 1.31. The maximum absolute atomic E-state index is 11.8. The SMILES string of the molecule is O=C(CCCc1ccccc1)OCCCCCCCCCNCC(O)c1ccccc1. The molecular weight excluding hydrogens is 386 g/mol. The third-order valence-electron chi connectivity index (χ3n) is 5.47. The molecule has 0 aliphatic heterocycles. The fourth-order valence-electron chi connectivity index (χ4n) is 3.61. The van der Waals surface area contributed by atoms with Crippen LogP contribution < -0.4 is 5.32 Å². The molecule has 0 bridgehead atoms. The van der Waals surface area contributed by atoms with Gasteiger partial charge in [-0.25, -0.2) is 0 Å². The summed E-state index contributed by atoms with van der Waals surface area (Å²) in [6.07, 6.45) is 9.97. The van der Waals surface area contributed by atoms with Crippen LogP contribution in [0, 0.1) is 0 Å². The van der Waals surface area contributed by atoms with Crippen molar-refractivity contribution >= 4 is 5.97 Å². The molecule has 0 aromatic heterocycles. The van der Waals surface area contributed by atoms with Crippen LogP contribution in [0.2, 0.25) is 0 Å². The first-order valence-corrected chi connectivity index (χ1v) is 11.9. The van der Waals surface area contributed by atoms with E-state index in [1.807, 2.05) is 48.5 Å². The Morgan fingerprint density at radius 2 is 1.42 bits per heavy atom. The van der Waals surface area contributed by atoms with E-state index in [4.69, 9.17) is 4.74 Å². The highest BCUT2D eigenvalue weighted by atomic mass is 16.5. The lowest BCUT2D eigenvalue weighted by molar-refractivity contribution is -0.143. The molecule has 0 saturated carbocycles. The van der Waals surface area contributed by atoms with Crippen LogP contribution in [0.3, 0.4) is 0 Å². The maximum Gasteiger partial charge on any atom is 0.305 e. The van der Waals surface area contributed by atoms with E-state index < -0.39 is 6.10 Å². The summed E-state index contributed by atoms with van der Waals surface area (Å²) < 4.78 is 5.34. The maximum atomic E-state index is 11.8. The van der Waals surface area contributed by atoms with Gasteiger partial charge in [-0.3, -0.25) is 4.79 Å². The number of aliphatic hydroxyl groups excluding tert-OH is 1. The number of carbonyl (C=O) groups excluding carboxylic acids is 1. The minimum atomic E-state index is -0.431. The van der Waals surface area contributed by atoms with E-state index in [1.54, 1.807) is 0 Å². The van der Waals surface area contributed by atoms with E-state index in [-0.39, 0.29) is 5.97 Å². The molecule has 1 atom stereocenters. The lowest BCUT2D eigenvalue weighted by Crippen LogP contribution is -2.22. The summed E-state index contributed by atoms with van der Waals surface area (Å²) >= 11 is 0. The van der Waals surface area contributed by atoms with Crippen LogP contribution in [0.5, 0.6) is 0 Å². The first kappa shape index (κ1) is 25.1. The molecule has 2 aromatic rings. The lowest BCUT2D eigenvalue weighted by Gasteiger charge is -2.12. The van der Waals surface area contributed by atoms with Crippen LogP contribution in [-0.4, -0.2) is 30.8 Å². The Morgan fingerprint density at radius 1 is 0.806 bits per heavy atom. The second-order valence-corrected chi connectivity index (χ2v) is 8.17. The first-order valence-electron chi connectivity index (χ1n) is 11.9. The minimum absolute atomic E-state index is 0.0687. The molecule has 0 amide bonds. The second kappa shape index (κ2) is 16.5. The van der Waals surface area contributed by atoms with Gasteiger partial charge in [0.1, 0.15) is 0 Å². The molecule has 2 N–H and O–H groups in total. The number of unbranched alkanes of at least 4 members (excludes halogenated alkanes) is 6. The van der Waals surface area contributed by atoms with Gasteiger partial charge < -0.3 is 15.2 Å². The van der Waals surface area contributed by atoms with Gasteiger partial charge in [0.15, 0.2) is 0 Å². The number of esters is 1. The molecule has 1 unspecified atom stereocenters. The summed E-state index contributed by atoms with van der Waals surface area (Å²) in [5, 5.41) is 13.4. The molecule has 170 valence electrons. The third-order valence-corrected chi connectivity index (χ3v) is 5.47. The van der Waals surface area contributed by atoms with Gasteiger partial charge in [0.05, 0.1) is 12.7 Å². The highest BCUT2D eigenvalue weighted by molar-refractivity contribution is 5.69. The van der Waals surface area contributed by atoms with Crippen LogP contribution in [-0.2, 0) is 16.0 Å². The van der Waals surface area contributed by atoms with Crippen molar-refractivity contribution in [2.24, 2.45) is 0 Å². The summed E-state index contributed by atoms with van der Waals surface area (Å²) in [6.45, 7) is 2.11. The van der Waals surface area contributed by atoms with E-state index in [0.717, 1.165) is 44.2 Å². The molecule has 0 spiro atoms. The number of aliphatic hydroxyl groups is 1. The number of aryl methyl sites for hydroxylation is 1. The number of benzene rings is 2. The van der Waals surface area contributed by atoms with Crippen LogP contribution in [0.25, 0.3) is 0 Å². The van der Waals surface area contributed by atoms with Gasteiger partial charge in [-0.05, 0) is 43.4 Å². The van der Waals surface area contributed by atoms with Crippen molar-refractivity contribution in [3.05, 3.63) is 71.8 Å². The standard InChI is InChI=1S/C27H39NO3/c29-26(25-18-10-7-11-19-25)23-28-21-12-4-2-1-3-5-13-22-31-27(30)20-14-17-24-15-8-6-9-16-24/h6-11,15-16,18-19,26,28-29H,1-5,12-14,17,20-23H2. The molecule has 2 rings (SSSR count). The normalized spacial score (nSPS) is 11.9. The van der Waals surface area contributed by atoms with Gasteiger partial charge >= 0.3 is 5.97 Å². The predicted octanol–water partition coefficient (Wildman–Crippen LogP) is 5.61. The van der Waals surface area contributed by atoms with Crippen molar-refractivity contribution in [1.82, 2.24) is 5.32 Å². The largest absolute Gasteiger partial charge is 0.466 e. The van der Waals surface area contributed by atoms with Gasteiger partial charge in [0, 0.05) is 13.0 Å². The molecule has 0 radical (unpaired) electrons. The Hall–Kier alpha value is -2.17. The van der Waals surface area contributed by atoms with Gasteiger partial charge in [-0.2, -0.15) is 0 Å². The monoisotopic (exact) mass is 425 g/mol. The van der Waals surface area contributed by atoms with E-state index in [0.29, 0.717) is 19.6 Å². The molecule has 2 aromatic carbocycles. The third kappa shape index (κ3) is 12.3. The minimum Gasteiger partial charge on any atom is -0.466 e. The summed E-state index contributed by atoms with van der Waals surface area (Å²) in [5.74, 6) is -0.0687. The number of rotatable bonds is 17. The van der Waals surface area contributed by atoms with Crippen molar-refractivity contribution in [1.29, 1.82) is 0 Å². The van der Waals surface area contributed by atoms with E-state index in [9.17, 15) is 9.90 Å². The Labute approximate surface area is 188 Å². The highest BCUT2D eigenvalue weighted by Crippen LogP contribution is 2.11. The Kier molecular flexibility index (Phi) is 13.4. The van der Waals surface area contributed by atoms with Crippen molar-refractivity contribution in [3.8, 4) is 0 Å². The lowest BCUT2D eigenvalue weighted by atomic mass is 10.1. The molecule has 0 aliphatic rings. The van der Waals surface area contributed by atoms with Crippen LogP contribution in [0.4, 0.5) is 0 Å². The molecule has 0 heterocycles. The van der Waals surface area contributed by atoms with Crippen molar-refractivity contribution in [3.63, 3.8) is 0 Å². The molecule has 31 heavy (non-hydrogen) atoms. The second-order valence-electron chi connectivity index (χ2n) is 8.17. The van der Waals surface area contributed by atoms with Gasteiger partial charge in [0.2, 0.25) is 0 Å². The average Bonchev–Trinajstić information content (AvgIpc) is 2.81. The molecule has 0 fully saturated rings. The summed E-state index contributed by atoms with van der Waals surface area (Å²) in [5.41, 5.74) is 2.24. The molecule has 4 nitrogen and oxygen atoms in total. The van der Waals surface area contributed by atoms with E-state index >= 15 is 0 Å². The van der Waals surface area contributed by atoms with Crippen molar-refractivity contribution < 1.29 is 14.6 Å². The Bertz CT molecular complexity index is 690. The fraction of sp³-hybridized carbons (Fsp3) is 0.519. The van der Waals surface area contributed by atoms with Gasteiger partial charge in [-0.15, -0.1) is 0 Å². The zero-order valence-electron chi connectivity index (χ0n) is 18.8. The molecule has 0 saturated heterocycles. The van der Waals surface area contributed by atoms with Crippen molar-refractivity contribution in [2.45, 2.75) is 70.3 Å². The average molecular weight is 426 g/mol. The number of ether oxygens (including phenoxy) is 1. The highest BCUT2D eigenvalue weighted by Gasteiger charge is 2.05. The zero-order valence-corrected chi connectivity index (χ0v) is 18.8. The quantitative estimate of drug-likeness (QED) is 0.256. The van der Waals surface area contributed by atoms with Crippen LogP contribution >= 0.6 is 0 Å². The van der Waals surface area contributed by atoms with Gasteiger partial charge in [-0.1, -0.05) is 92.8 Å². The molecule has 0 aliphatic carbocycles. The summed E-state index contributed by atoms with van der Waals surface area (Å²) in [6, 6.07) is 20.0. The number of nitrogens with one attached hydrogen (secondary N) is 1. The molecule has 4 heteroatoms. The predicted molar refractivity (Wildman–Crippen MR) is 127 cm³/mol. The van der Waals surface area contributed by atoms with Crippen molar-refractivity contribution in [2.75, 3.05) is 19.7 Å². The number of hydrogen-bond acceptors (Lipinski definition) is 4. The van der Waals surface area contributed by atoms with E-state index in [2.05, 4.69) is 17.4 Å². The van der Waals surface area contributed by atoms with Crippen LogP contribution in [0.15, 0.2) is 60.7 Å². The first-order chi connectivity index (χ1) is 15.3. The summed E-state index contributed by atoms with van der Waals surface area (Å²) in [4.78, 5) is 11.8. The smallest absolute Gasteiger partial charge is 0.305 e. The fourth-order valence-corrected chi connectivity index (χ4v) is 3.61. The van der Waals surface area contributed by atoms with E-state index in [1.165, 1.54) is 31.2 Å². The van der Waals surface area contributed by atoms with Crippen LogP contribution in [0.1, 0.15) is 75.0 Å². The topological polar surface area (TPSA) is 58.6 Å².